The molecule has 188 valence electrons. The molecule has 0 spiro atoms. The summed E-state index contributed by atoms with van der Waals surface area (Å²) < 4.78 is 4.87. The number of hydrogen-bond donors (Lipinski definition) is 0. The SMILES string of the molecule is CC(C)CCC[C@@H](C)[C@H]1CC[C@H]2[C@@H]3C(=O)C([N+](=O)[O-])=C4C(=O)OC(=O)CC[C@]4(C)[C@H]3CC[C@]12C. The van der Waals surface area contributed by atoms with Crippen molar-refractivity contribution in [2.24, 2.45) is 46.3 Å². The first-order chi connectivity index (χ1) is 15.9. The van der Waals surface area contributed by atoms with Crippen LogP contribution in [0.4, 0.5) is 0 Å². The lowest BCUT2D eigenvalue weighted by atomic mass is 9.47. The number of carbonyl (C=O) groups excluding carboxylic acids is 3. The van der Waals surface area contributed by atoms with E-state index in [1.54, 1.807) is 0 Å². The van der Waals surface area contributed by atoms with Gasteiger partial charge in [0.25, 0.3) is 0 Å². The van der Waals surface area contributed by atoms with Gasteiger partial charge in [-0.3, -0.25) is 19.7 Å². The number of esters is 2. The van der Waals surface area contributed by atoms with Crippen molar-refractivity contribution in [3.8, 4) is 0 Å². The Morgan fingerprint density at radius 3 is 2.38 bits per heavy atom. The van der Waals surface area contributed by atoms with Gasteiger partial charge in [-0.2, -0.15) is 0 Å². The van der Waals surface area contributed by atoms with Crippen LogP contribution in [0.15, 0.2) is 11.3 Å². The predicted molar refractivity (Wildman–Crippen MR) is 126 cm³/mol. The number of hydrogen-bond acceptors (Lipinski definition) is 6. The molecule has 1 heterocycles. The highest BCUT2D eigenvalue weighted by Crippen LogP contribution is 2.66. The molecule has 34 heavy (non-hydrogen) atoms. The van der Waals surface area contributed by atoms with Crippen LogP contribution in [0.1, 0.15) is 92.4 Å². The second kappa shape index (κ2) is 8.87. The second-order valence-electron chi connectivity index (χ2n) is 12.3. The molecule has 0 aromatic carbocycles. The van der Waals surface area contributed by atoms with Crippen LogP contribution < -0.4 is 0 Å². The van der Waals surface area contributed by atoms with Gasteiger partial charge in [0.05, 0.1) is 4.92 Å². The van der Waals surface area contributed by atoms with Gasteiger partial charge in [0.2, 0.25) is 5.78 Å². The summed E-state index contributed by atoms with van der Waals surface area (Å²) in [6.45, 7) is 11.0. The Balaban J connectivity index is 1.70. The molecule has 7 atom stereocenters. The van der Waals surface area contributed by atoms with Crippen LogP contribution in [0.5, 0.6) is 0 Å². The number of carbonyl (C=O) groups is 3. The summed E-state index contributed by atoms with van der Waals surface area (Å²) >= 11 is 0. The van der Waals surface area contributed by atoms with Gasteiger partial charge in [-0.05, 0) is 67.1 Å². The number of Topliss-reactive ketones (excluding diaryl/α,β-unsaturated/α-hetero) is 1. The third-order valence-electron chi connectivity index (χ3n) is 10.1. The minimum absolute atomic E-state index is 0.0333. The molecule has 2 saturated carbocycles. The molecule has 0 amide bonds. The minimum Gasteiger partial charge on any atom is -0.389 e. The number of rotatable bonds is 6. The van der Waals surface area contributed by atoms with Gasteiger partial charge in [0.15, 0.2) is 0 Å². The minimum atomic E-state index is -1.00. The molecule has 0 aromatic rings. The fourth-order valence-corrected chi connectivity index (χ4v) is 8.37. The van der Waals surface area contributed by atoms with Crippen molar-refractivity contribution in [3.05, 3.63) is 21.4 Å². The van der Waals surface area contributed by atoms with E-state index >= 15 is 0 Å². The highest BCUT2D eigenvalue weighted by molar-refractivity contribution is 6.08. The molecular weight excluding hydrogens is 434 g/mol. The van der Waals surface area contributed by atoms with Crippen molar-refractivity contribution in [3.63, 3.8) is 0 Å². The Morgan fingerprint density at radius 2 is 1.74 bits per heavy atom. The zero-order valence-corrected chi connectivity index (χ0v) is 21.2. The number of ether oxygens (including phenoxy) is 1. The molecule has 7 nitrogen and oxygen atoms in total. The van der Waals surface area contributed by atoms with E-state index in [9.17, 15) is 24.5 Å². The fourth-order valence-electron chi connectivity index (χ4n) is 8.37. The molecule has 0 radical (unpaired) electrons. The molecule has 0 unspecified atom stereocenters. The number of ketones is 1. The van der Waals surface area contributed by atoms with Crippen LogP contribution in [0, 0.1) is 56.5 Å². The van der Waals surface area contributed by atoms with Crippen LogP contribution >= 0.6 is 0 Å². The Hall–Kier alpha value is -2.05. The first kappa shape index (κ1) is 25.1. The highest BCUT2D eigenvalue weighted by Gasteiger charge is 2.66. The number of nitro groups is 1. The summed E-state index contributed by atoms with van der Waals surface area (Å²) in [6, 6.07) is 0. The quantitative estimate of drug-likeness (QED) is 0.219. The van der Waals surface area contributed by atoms with Gasteiger partial charge in [-0.15, -0.1) is 0 Å². The summed E-state index contributed by atoms with van der Waals surface area (Å²) in [5.41, 5.74) is -1.73. The smallest absolute Gasteiger partial charge is 0.349 e. The molecule has 3 fully saturated rings. The van der Waals surface area contributed by atoms with E-state index in [-0.39, 0.29) is 29.2 Å². The van der Waals surface area contributed by atoms with Crippen molar-refractivity contribution >= 4 is 17.7 Å². The topological polar surface area (TPSA) is 104 Å². The van der Waals surface area contributed by atoms with Crippen LogP contribution in [0.2, 0.25) is 0 Å². The number of cyclic esters (lactones) is 2. The summed E-state index contributed by atoms with van der Waals surface area (Å²) in [5.74, 6) is -1.03. The zero-order chi connectivity index (χ0) is 25.0. The van der Waals surface area contributed by atoms with Crippen LogP contribution in [0.3, 0.4) is 0 Å². The fraction of sp³-hybridized carbons (Fsp3) is 0.815. The normalized spacial score (nSPS) is 38.7. The monoisotopic (exact) mass is 473 g/mol. The molecule has 1 aliphatic heterocycles. The van der Waals surface area contributed by atoms with Crippen molar-refractivity contribution in [2.45, 2.75) is 92.4 Å². The van der Waals surface area contributed by atoms with E-state index in [0.29, 0.717) is 24.2 Å². The molecule has 3 aliphatic carbocycles. The molecule has 4 aliphatic rings. The summed E-state index contributed by atoms with van der Waals surface area (Å²) in [6.07, 6.45) is 7.55. The molecule has 7 heteroatoms. The molecule has 0 bridgehead atoms. The van der Waals surface area contributed by atoms with Crippen LogP contribution in [-0.4, -0.2) is 22.6 Å². The van der Waals surface area contributed by atoms with E-state index in [1.165, 1.54) is 19.3 Å². The summed E-state index contributed by atoms with van der Waals surface area (Å²) in [5, 5.41) is 12.1. The van der Waals surface area contributed by atoms with E-state index in [0.717, 1.165) is 25.7 Å². The van der Waals surface area contributed by atoms with Crippen molar-refractivity contribution < 1.29 is 24.0 Å². The number of nitrogens with zero attached hydrogens (tertiary/aromatic N) is 1. The highest BCUT2D eigenvalue weighted by atomic mass is 16.6. The van der Waals surface area contributed by atoms with Gasteiger partial charge in [0.1, 0.15) is 5.57 Å². The van der Waals surface area contributed by atoms with E-state index in [1.807, 2.05) is 6.92 Å². The predicted octanol–water partition coefficient (Wildman–Crippen LogP) is 5.49. The summed E-state index contributed by atoms with van der Waals surface area (Å²) in [7, 11) is 0. The van der Waals surface area contributed by atoms with E-state index in [4.69, 9.17) is 4.74 Å². The molecule has 4 rings (SSSR count). The van der Waals surface area contributed by atoms with Crippen molar-refractivity contribution in [1.82, 2.24) is 0 Å². The van der Waals surface area contributed by atoms with Crippen molar-refractivity contribution in [2.75, 3.05) is 0 Å². The van der Waals surface area contributed by atoms with Crippen LogP contribution in [0.25, 0.3) is 0 Å². The Bertz CT molecular complexity index is 937. The third-order valence-corrected chi connectivity index (χ3v) is 10.1. The van der Waals surface area contributed by atoms with Gasteiger partial charge in [0, 0.05) is 17.8 Å². The van der Waals surface area contributed by atoms with Gasteiger partial charge >= 0.3 is 17.6 Å². The Morgan fingerprint density at radius 1 is 1.03 bits per heavy atom. The van der Waals surface area contributed by atoms with Crippen molar-refractivity contribution in [1.29, 1.82) is 0 Å². The van der Waals surface area contributed by atoms with Gasteiger partial charge < -0.3 is 4.74 Å². The number of allylic oxidation sites excluding steroid dienone is 1. The van der Waals surface area contributed by atoms with Gasteiger partial charge in [-0.1, -0.05) is 53.9 Å². The summed E-state index contributed by atoms with van der Waals surface area (Å²) in [4.78, 5) is 50.1. The lowest BCUT2D eigenvalue weighted by Gasteiger charge is -2.55. The second-order valence-corrected chi connectivity index (χ2v) is 12.3. The maximum atomic E-state index is 13.8. The lowest BCUT2D eigenvalue weighted by Crippen LogP contribution is -2.55. The third kappa shape index (κ3) is 3.83. The first-order valence-electron chi connectivity index (χ1n) is 13.1. The zero-order valence-electron chi connectivity index (χ0n) is 21.2. The number of fused-ring (bicyclic) bond motifs is 5. The van der Waals surface area contributed by atoms with Gasteiger partial charge in [-0.25, -0.2) is 4.79 Å². The maximum absolute atomic E-state index is 13.8. The van der Waals surface area contributed by atoms with E-state index in [2.05, 4.69) is 27.7 Å². The maximum Gasteiger partial charge on any atom is 0.349 e. The molecule has 1 saturated heterocycles. The van der Waals surface area contributed by atoms with Crippen LogP contribution in [-0.2, 0) is 19.1 Å². The Labute approximate surface area is 202 Å². The average molecular weight is 474 g/mol. The van der Waals surface area contributed by atoms with E-state index < -0.39 is 39.7 Å². The molecule has 0 N–H and O–H groups in total. The lowest BCUT2D eigenvalue weighted by molar-refractivity contribution is -0.422. The Kier molecular flexibility index (Phi) is 6.54. The first-order valence-corrected chi connectivity index (χ1v) is 13.1. The largest absolute Gasteiger partial charge is 0.389 e. The molecular formula is C27H39NO6. The standard InChI is InChI=1S/C27H39NO6/c1-15(2)7-6-8-16(3)17-9-10-18-21-19(11-13-26(17,18)4)27(5)14-12-20(29)34-25(31)22(27)23(24(21)30)28(32)33/h15-19,21H,6-14H2,1-5H3/t16-,17-,18+,19+,21+,26-,27-/m1/s1. The average Bonchev–Trinajstić information content (AvgIpc) is 3.05. The molecule has 0 aromatic heterocycles.